The first kappa shape index (κ1) is 18.0. The third-order valence-corrected chi connectivity index (χ3v) is 5.94. The zero-order valence-corrected chi connectivity index (χ0v) is 13.5. The van der Waals surface area contributed by atoms with Crippen LogP contribution in [0.2, 0.25) is 5.02 Å². The molecule has 0 saturated carbocycles. The first-order chi connectivity index (χ1) is 10.4. The maximum Gasteiger partial charge on any atom is 0.417 e. The lowest BCUT2D eigenvalue weighted by molar-refractivity contribution is -0.147. The SMILES string of the molecule is CC1(C(=O)O)CCN(S(=O)(=O)c2cc(Cl)ccc2C(F)(F)F)C1. The standard InChI is InChI=1S/C13H13ClF3NO4S/c1-12(11(19)20)4-5-18(7-12)23(21,22)10-6-8(14)2-3-9(10)13(15,16)17/h2-3,6H,4-5,7H2,1H3,(H,19,20). The Morgan fingerprint density at radius 1 is 1.39 bits per heavy atom. The molecule has 1 saturated heterocycles. The number of sulfonamides is 1. The molecule has 5 nitrogen and oxygen atoms in total. The fraction of sp³-hybridized carbons (Fsp3) is 0.462. The van der Waals surface area contributed by atoms with E-state index in [0.29, 0.717) is 6.07 Å². The van der Waals surface area contributed by atoms with E-state index in [0.717, 1.165) is 16.4 Å². The molecule has 0 radical (unpaired) electrons. The highest BCUT2D eigenvalue weighted by atomic mass is 35.5. The molecule has 10 heteroatoms. The van der Waals surface area contributed by atoms with Crippen LogP contribution in [0.1, 0.15) is 18.9 Å². The molecule has 1 unspecified atom stereocenters. The van der Waals surface area contributed by atoms with Gasteiger partial charge in [-0.3, -0.25) is 4.79 Å². The molecular formula is C13H13ClF3NO4S. The second-order valence-corrected chi connectivity index (χ2v) is 7.94. The Hall–Kier alpha value is -1.32. The molecule has 1 N–H and O–H groups in total. The third-order valence-electron chi connectivity index (χ3n) is 3.82. The van der Waals surface area contributed by atoms with E-state index in [4.69, 9.17) is 16.7 Å². The van der Waals surface area contributed by atoms with Crippen molar-refractivity contribution in [2.24, 2.45) is 5.41 Å². The van der Waals surface area contributed by atoms with Gasteiger partial charge < -0.3 is 5.11 Å². The van der Waals surface area contributed by atoms with Crippen molar-refractivity contribution in [3.8, 4) is 0 Å². The molecule has 23 heavy (non-hydrogen) atoms. The molecule has 1 atom stereocenters. The second kappa shape index (κ2) is 5.64. The van der Waals surface area contributed by atoms with Crippen molar-refractivity contribution in [1.29, 1.82) is 0 Å². The highest BCUT2D eigenvalue weighted by Crippen LogP contribution is 2.39. The molecule has 1 aromatic rings. The summed E-state index contributed by atoms with van der Waals surface area (Å²) >= 11 is 5.64. The number of carboxylic acid groups (broad SMARTS) is 1. The van der Waals surface area contributed by atoms with E-state index in [1.54, 1.807) is 0 Å². The zero-order chi connectivity index (χ0) is 17.6. The molecule has 0 aromatic heterocycles. The number of carbonyl (C=O) groups is 1. The average molecular weight is 372 g/mol. The maximum atomic E-state index is 13.1. The Labute approximate surface area is 135 Å². The van der Waals surface area contributed by atoms with E-state index in [9.17, 15) is 26.4 Å². The molecule has 1 aliphatic heterocycles. The van der Waals surface area contributed by atoms with Crippen LogP contribution in [-0.4, -0.2) is 36.9 Å². The molecule has 0 amide bonds. The Bertz CT molecular complexity index is 750. The molecule has 1 aromatic carbocycles. The summed E-state index contributed by atoms with van der Waals surface area (Å²) in [5.41, 5.74) is -2.66. The summed E-state index contributed by atoms with van der Waals surface area (Å²) in [6, 6.07) is 2.28. The minimum absolute atomic E-state index is 0.0173. The summed E-state index contributed by atoms with van der Waals surface area (Å²) in [4.78, 5) is 10.2. The Morgan fingerprint density at radius 2 is 2.00 bits per heavy atom. The van der Waals surface area contributed by atoms with E-state index in [1.165, 1.54) is 6.92 Å². The number of hydrogen-bond acceptors (Lipinski definition) is 3. The number of hydrogen-bond donors (Lipinski definition) is 1. The van der Waals surface area contributed by atoms with Gasteiger partial charge in [0.25, 0.3) is 0 Å². The van der Waals surface area contributed by atoms with Gasteiger partial charge in [0.1, 0.15) is 0 Å². The Kier molecular flexibility index (Phi) is 4.42. The summed E-state index contributed by atoms with van der Waals surface area (Å²) in [5, 5.41) is 8.98. The van der Waals surface area contributed by atoms with Crippen molar-refractivity contribution in [1.82, 2.24) is 4.31 Å². The van der Waals surface area contributed by atoms with E-state index >= 15 is 0 Å². The molecule has 0 bridgehead atoms. The van der Waals surface area contributed by atoms with Gasteiger partial charge in [-0.1, -0.05) is 11.6 Å². The first-order valence-corrected chi connectivity index (χ1v) is 8.30. The molecule has 1 heterocycles. The molecule has 2 rings (SSSR count). The highest BCUT2D eigenvalue weighted by molar-refractivity contribution is 7.89. The van der Waals surface area contributed by atoms with Gasteiger partial charge in [0.2, 0.25) is 10.0 Å². The van der Waals surface area contributed by atoms with Crippen molar-refractivity contribution < 1.29 is 31.5 Å². The van der Waals surface area contributed by atoms with Crippen LogP contribution in [0.3, 0.4) is 0 Å². The van der Waals surface area contributed by atoms with Crippen LogP contribution < -0.4 is 0 Å². The van der Waals surface area contributed by atoms with E-state index in [-0.39, 0.29) is 18.0 Å². The van der Waals surface area contributed by atoms with Crippen LogP contribution in [0.5, 0.6) is 0 Å². The van der Waals surface area contributed by atoms with Crippen LogP contribution in [-0.2, 0) is 21.0 Å². The van der Waals surface area contributed by atoms with Gasteiger partial charge in [0.15, 0.2) is 0 Å². The lowest BCUT2D eigenvalue weighted by atomic mass is 9.90. The number of aliphatic carboxylic acids is 1. The fourth-order valence-electron chi connectivity index (χ4n) is 2.38. The first-order valence-electron chi connectivity index (χ1n) is 6.48. The Morgan fingerprint density at radius 3 is 2.48 bits per heavy atom. The largest absolute Gasteiger partial charge is 0.481 e. The van der Waals surface area contributed by atoms with Gasteiger partial charge in [-0.25, -0.2) is 8.42 Å². The van der Waals surface area contributed by atoms with Gasteiger partial charge in [0, 0.05) is 18.1 Å². The van der Waals surface area contributed by atoms with Crippen LogP contribution in [0.4, 0.5) is 13.2 Å². The maximum absolute atomic E-state index is 13.1. The van der Waals surface area contributed by atoms with Crippen molar-refractivity contribution in [3.63, 3.8) is 0 Å². The third kappa shape index (κ3) is 3.31. The fourth-order valence-corrected chi connectivity index (χ4v) is 4.42. The number of alkyl halides is 3. The molecule has 1 aliphatic rings. The molecular weight excluding hydrogens is 359 g/mol. The normalized spacial score (nSPS) is 23.2. The van der Waals surface area contributed by atoms with E-state index < -0.39 is 44.6 Å². The van der Waals surface area contributed by atoms with Gasteiger partial charge >= 0.3 is 12.1 Å². The molecule has 0 aliphatic carbocycles. The van der Waals surface area contributed by atoms with Crippen molar-refractivity contribution in [2.75, 3.05) is 13.1 Å². The predicted octanol–water partition coefficient (Wildman–Crippen LogP) is 2.84. The van der Waals surface area contributed by atoms with Crippen molar-refractivity contribution in [2.45, 2.75) is 24.4 Å². The minimum Gasteiger partial charge on any atom is -0.481 e. The van der Waals surface area contributed by atoms with Gasteiger partial charge in [-0.2, -0.15) is 17.5 Å². The van der Waals surface area contributed by atoms with E-state index in [2.05, 4.69) is 0 Å². The predicted molar refractivity (Wildman–Crippen MR) is 75.6 cm³/mol. The van der Waals surface area contributed by atoms with E-state index in [1.807, 2.05) is 0 Å². The summed E-state index contributed by atoms with van der Waals surface area (Å²) in [6.45, 7) is 0.789. The summed E-state index contributed by atoms with van der Waals surface area (Å²) < 4.78 is 65.0. The van der Waals surface area contributed by atoms with Crippen LogP contribution in [0.25, 0.3) is 0 Å². The number of halogens is 4. The van der Waals surface area contributed by atoms with Crippen molar-refractivity contribution >= 4 is 27.6 Å². The quantitative estimate of drug-likeness (QED) is 0.886. The van der Waals surface area contributed by atoms with Gasteiger partial charge in [-0.15, -0.1) is 0 Å². The summed E-state index contributed by atoms with van der Waals surface area (Å²) in [5.74, 6) is -1.20. The summed E-state index contributed by atoms with van der Waals surface area (Å²) in [6.07, 6.45) is -4.85. The minimum atomic E-state index is -4.87. The molecule has 0 spiro atoms. The summed E-state index contributed by atoms with van der Waals surface area (Å²) in [7, 11) is -4.51. The number of carboxylic acids is 1. The molecule has 128 valence electrons. The number of rotatable bonds is 3. The average Bonchev–Trinajstić information content (AvgIpc) is 2.82. The Balaban J connectivity index is 2.50. The number of nitrogens with zero attached hydrogens (tertiary/aromatic N) is 1. The monoisotopic (exact) mass is 371 g/mol. The second-order valence-electron chi connectivity index (χ2n) is 5.59. The van der Waals surface area contributed by atoms with Crippen LogP contribution in [0.15, 0.2) is 23.1 Å². The zero-order valence-electron chi connectivity index (χ0n) is 11.9. The lowest BCUT2D eigenvalue weighted by Gasteiger charge is -2.22. The van der Waals surface area contributed by atoms with Crippen LogP contribution in [0, 0.1) is 5.41 Å². The smallest absolute Gasteiger partial charge is 0.417 e. The number of benzene rings is 1. The van der Waals surface area contributed by atoms with Gasteiger partial charge in [-0.05, 0) is 31.5 Å². The topological polar surface area (TPSA) is 74.7 Å². The van der Waals surface area contributed by atoms with Crippen molar-refractivity contribution in [3.05, 3.63) is 28.8 Å². The van der Waals surface area contributed by atoms with Gasteiger partial charge in [0.05, 0.1) is 15.9 Å². The lowest BCUT2D eigenvalue weighted by Crippen LogP contribution is -2.35. The highest BCUT2D eigenvalue weighted by Gasteiger charge is 2.47. The van der Waals surface area contributed by atoms with Crippen LogP contribution >= 0.6 is 11.6 Å². The molecule has 1 fully saturated rings.